The summed E-state index contributed by atoms with van der Waals surface area (Å²) in [6.07, 6.45) is -1.30. The van der Waals surface area contributed by atoms with Gasteiger partial charge in [-0.25, -0.2) is 4.39 Å². The van der Waals surface area contributed by atoms with Gasteiger partial charge in [0.25, 0.3) is 11.0 Å². The van der Waals surface area contributed by atoms with Gasteiger partial charge >= 0.3 is 15.2 Å². The standard InChI is InChI=1S/C28H37FN2O14P2/c29-20-4-2-19(3-5-20)23-17-45-24-16-21(6-7-22(24)27(23)34)44-18-26(33)31-11-13-43-15-14-42-12-8-25(32)30-10-1-9-28(35,46(36,37)38)47(39,40)41/h2-7,16,23,35H,1,8-15,17-18H2,(H,30,32)(H,31,33)(H2,36,37,38)(H2,39,40,41). The zero-order valence-electron chi connectivity index (χ0n) is 25.1. The molecule has 0 fully saturated rings. The Morgan fingerprint density at radius 1 is 0.915 bits per heavy atom. The number of carbonyl (C=O) groups is 3. The molecule has 0 saturated heterocycles. The smallest absolute Gasteiger partial charge is 0.369 e. The van der Waals surface area contributed by atoms with Crippen LogP contribution in [0.15, 0.2) is 42.5 Å². The van der Waals surface area contributed by atoms with Crippen molar-refractivity contribution in [2.45, 2.75) is 30.3 Å². The second-order valence-electron chi connectivity index (χ2n) is 10.4. The first kappa shape index (κ1) is 38.2. The van der Waals surface area contributed by atoms with Crippen LogP contribution in [0, 0.1) is 5.82 Å². The van der Waals surface area contributed by atoms with Crippen molar-refractivity contribution in [3.05, 3.63) is 59.4 Å². The third kappa shape index (κ3) is 11.2. The van der Waals surface area contributed by atoms with Crippen molar-refractivity contribution in [2.75, 3.05) is 52.7 Å². The lowest BCUT2D eigenvalue weighted by Gasteiger charge is -2.29. The Bertz CT molecular complexity index is 1460. The Hall–Kier alpha value is -3.24. The molecule has 0 bridgehead atoms. The van der Waals surface area contributed by atoms with Gasteiger partial charge in [0.15, 0.2) is 12.4 Å². The molecule has 0 aliphatic carbocycles. The minimum Gasteiger partial charge on any atom is -0.492 e. The van der Waals surface area contributed by atoms with Crippen molar-refractivity contribution < 1.29 is 71.5 Å². The molecule has 1 heterocycles. The Balaban J connectivity index is 1.21. The van der Waals surface area contributed by atoms with Crippen molar-refractivity contribution >= 4 is 32.8 Å². The van der Waals surface area contributed by atoms with Gasteiger partial charge in [-0.2, -0.15) is 0 Å². The SMILES string of the molecule is O=C(CCOCCOCCNC(=O)COc1ccc2c(c1)OCC(c1ccc(F)cc1)C2=O)NCCCC(O)(P(=O)(O)O)P(=O)(O)O. The molecule has 0 aromatic heterocycles. The maximum absolute atomic E-state index is 13.2. The number of benzene rings is 2. The molecule has 1 atom stereocenters. The van der Waals surface area contributed by atoms with Gasteiger partial charge in [0.1, 0.15) is 23.9 Å². The normalized spacial score (nSPS) is 15.0. The van der Waals surface area contributed by atoms with Gasteiger partial charge in [0.05, 0.1) is 37.9 Å². The highest BCUT2D eigenvalue weighted by atomic mass is 31.2. The van der Waals surface area contributed by atoms with E-state index in [0.717, 1.165) is 0 Å². The molecule has 1 aliphatic heterocycles. The van der Waals surface area contributed by atoms with Crippen molar-refractivity contribution in [1.82, 2.24) is 10.6 Å². The van der Waals surface area contributed by atoms with Crippen LogP contribution in [-0.2, 0) is 28.2 Å². The van der Waals surface area contributed by atoms with Crippen LogP contribution in [0.1, 0.15) is 41.1 Å². The monoisotopic (exact) mass is 706 g/mol. The van der Waals surface area contributed by atoms with E-state index in [1.165, 1.54) is 18.2 Å². The molecule has 260 valence electrons. The molecule has 7 N–H and O–H groups in total. The zero-order chi connectivity index (χ0) is 34.7. The van der Waals surface area contributed by atoms with Gasteiger partial charge in [-0.3, -0.25) is 23.5 Å². The van der Waals surface area contributed by atoms with E-state index in [-0.39, 0.29) is 71.4 Å². The fourth-order valence-corrected chi connectivity index (χ4v) is 6.60. The maximum atomic E-state index is 13.2. The van der Waals surface area contributed by atoms with E-state index < -0.39 is 50.2 Å². The molecule has 0 radical (unpaired) electrons. The van der Waals surface area contributed by atoms with Gasteiger partial charge in [-0.1, -0.05) is 12.1 Å². The Morgan fingerprint density at radius 2 is 1.55 bits per heavy atom. The molecule has 0 spiro atoms. The van der Waals surface area contributed by atoms with Crippen molar-refractivity contribution in [3.8, 4) is 11.5 Å². The second kappa shape index (κ2) is 17.2. The summed E-state index contributed by atoms with van der Waals surface area (Å²) >= 11 is 0. The van der Waals surface area contributed by atoms with Crippen LogP contribution in [0.5, 0.6) is 11.5 Å². The van der Waals surface area contributed by atoms with E-state index in [1.54, 1.807) is 24.3 Å². The predicted octanol–water partition coefficient (Wildman–Crippen LogP) is 1.00. The van der Waals surface area contributed by atoms with Crippen LogP contribution in [0.25, 0.3) is 0 Å². The van der Waals surface area contributed by atoms with Gasteiger partial charge in [-0.05, 0) is 36.2 Å². The number of rotatable bonds is 19. The lowest BCUT2D eigenvalue weighted by molar-refractivity contribution is -0.123. The molecule has 1 aliphatic rings. The van der Waals surface area contributed by atoms with Gasteiger partial charge in [-0.15, -0.1) is 0 Å². The number of aliphatic hydroxyl groups is 1. The zero-order valence-corrected chi connectivity index (χ0v) is 26.9. The lowest BCUT2D eigenvalue weighted by Crippen LogP contribution is -2.32. The number of nitrogens with one attached hydrogen (secondary N) is 2. The lowest BCUT2D eigenvalue weighted by atomic mass is 9.89. The van der Waals surface area contributed by atoms with Crippen LogP contribution >= 0.6 is 15.2 Å². The van der Waals surface area contributed by atoms with E-state index in [2.05, 4.69) is 10.6 Å². The molecule has 2 aromatic rings. The highest BCUT2D eigenvalue weighted by Crippen LogP contribution is 2.69. The number of ketones is 1. The van der Waals surface area contributed by atoms with Crippen LogP contribution in [0.3, 0.4) is 0 Å². The van der Waals surface area contributed by atoms with Crippen molar-refractivity contribution in [3.63, 3.8) is 0 Å². The quantitative estimate of drug-likeness (QED) is 0.0796. The molecule has 16 nitrogen and oxygen atoms in total. The minimum absolute atomic E-state index is 0.0227. The second-order valence-corrected chi connectivity index (χ2v) is 14.4. The summed E-state index contributed by atoms with van der Waals surface area (Å²) in [5.41, 5.74) is 1.01. The Kier molecular flexibility index (Phi) is 14.0. The number of hydrogen-bond acceptors (Lipinski definition) is 10. The first-order valence-corrected chi connectivity index (χ1v) is 17.6. The number of amides is 2. The molecular weight excluding hydrogens is 669 g/mol. The molecule has 0 saturated carbocycles. The largest absolute Gasteiger partial charge is 0.492 e. The van der Waals surface area contributed by atoms with Gasteiger partial charge < -0.3 is 54.3 Å². The molecular formula is C28H37FN2O14P2. The molecule has 19 heteroatoms. The van der Waals surface area contributed by atoms with Crippen molar-refractivity contribution in [1.29, 1.82) is 0 Å². The van der Waals surface area contributed by atoms with Crippen LogP contribution < -0.4 is 20.1 Å². The fourth-order valence-electron chi connectivity index (χ4n) is 4.35. The molecule has 47 heavy (non-hydrogen) atoms. The average Bonchev–Trinajstić information content (AvgIpc) is 3.00. The Morgan fingerprint density at radius 3 is 2.21 bits per heavy atom. The molecule has 3 rings (SSSR count). The van der Waals surface area contributed by atoms with E-state index in [9.17, 15) is 33.0 Å². The molecule has 2 aromatic carbocycles. The van der Waals surface area contributed by atoms with E-state index in [0.29, 0.717) is 22.6 Å². The van der Waals surface area contributed by atoms with E-state index in [4.69, 9.17) is 38.5 Å². The summed E-state index contributed by atoms with van der Waals surface area (Å²) in [5.74, 6) is -1.34. The first-order valence-electron chi connectivity index (χ1n) is 14.3. The van der Waals surface area contributed by atoms with Gasteiger partial charge in [0, 0.05) is 32.0 Å². The van der Waals surface area contributed by atoms with Gasteiger partial charge in [0.2, 0.25) is 5.91 Å². The van der Waals surface area contributed by atoms with Crippen LogP contribution in [0.4, 0.5) is 4.39 Å². The average molecular weight is 707 g/mol. The minimum atomic E-state index is -5.54. The number of hydrogen-bond donors (Lipinski definition) is 7. The summed E-state index contributed by atoms with van der Waals surface area (Å²) in [5, 5.41) is 11.3. The summed E-state index contributed by atoms with van der Waals surface area (Å²) in [7, 11) is -11.1. The third-order valence-electron chi connectivity index (χ3n) is 6.94. The predicted molar refractivity (Wildman–Crippen MR) is 161 cm³/mol. The highest BCUT2D eigenvalue weighted by Gasteiger charge is 2.58. The van der Waals surface area contributed by atoms with E-state index >= 15 is 0 Å². The topological polar surface area (TPSA) is 247 Å². The van der Waals surface area contributed by atoms with E-state index in [1.807, 2.05) is 0 Å². The third-order valence-corrected chi connectivity index (χ3v) is 10.8. The number of carbonyl (C=O) groups excluding carboxylic acids is 3. The van der Waals surface area contributed by atoms with Crippen LogP contribution in [-0.4, -0.2) is 100 Å². The summed E-state index contributed by atoms with van der Waals surface area (Å²) in [6.45, 7) is 0.323. The summed E-state index contributed by atoms with van der Waals surface area (Å²) in [4.78, 5) is 73.2. The fraction of sp³-hybridized carbons (Fsp3) is 0.464. The number of ether oxygens (including phenoxy) is 4. The maximum Gasteiger partial charge on any atom is 0.369 e. The summed E-state index contributed by atoms with van der Waals surface area (Å²) < 4.78 is 57.7. The first-order chi connectivity index (χ1) is 22.1. The van der Waals surface area contributed by atoms with Crippen molar-refractivity contribution in [2.24, 2.45) is 0 Å². The number of fused-ring (bicyclic) bond motifs is 1. The molecule has 1 unspecified atom stereocenters. The Labute approximate surface area is 268 Å². The highest BCUT2D eigenvalue weighted by molar-refractivity contribution is 7.72. The van der Waals surface area contributed by atoms with Crippen LogP contribution in [0.2, 0.25) is 0 Å². The molecule has 2 amide bonds. The summed E-state index contributed by atoms with van der Waals surface area (Å²) in [6, 6.07) is 10.3. The number of halogens is 1. The number of Topliss-reactive ketones (excluding diaryl/α,β-unsaturated/α-hetero) is 1.